The summed E-state index contributed by atoms with van der Waals surface area (Å²) in [6.07, 6.45) is 99.0. The van der Waals surface area contributed by atoms with Gasteiger partial charge in [-0.1, -0.05) is 320 Å². The first-order valence-corrected chi connectivity index (χ1v) is 43.8. The zero-order chi connectivity index (χ0) is 76.6. The molecule has 0 saturated heterocycles. The Bertz CT molecular complexity index is 2540. The summed E-state index contributed by atoms with van der Waals surface area (Å²) in [4.78, 5) is 58.6. The van der Waals surface area contributed by atoms with Crippen molar-refractivity contribution in [3.05, 3.63) is 158 Å². The molecule has 0 aliphatic rings. The second-order valence-electron chi connectivity index (χ2n) is 26.8. The lowest BCUT2D eigenvalue weighted by Gasteiger charge is -2.21. The molecule has 0 aromatic rings. The molecule has 0 fully saturated rings. The van der Waals surface area contributed by atoms with Crippen LogP contribution in [-0.2, 0) is 55.8 Å². The zero-order valence-electron chi connectivity index (χ0n) is 65.6. The van der Waals surface area contributed by atoms with Gasteiger partial charge in [0, 0.05) is 19.3 Å². The minimum atomic E-state index is -4.95. The van der Waals surface area contributed by atoms with E-state index in [-0.39, 0.29) is 19.3 Å². The van der Waals surface area contributed by atoms with Gasteiger partial charge in [0.1, 0.15) is 25.4 Å². The first-order chi connectivity index (χ1) is 51.2. The van der Waals surface area contributed by atoms with Gasteiger partial charge in [-0.2, -0.15) is 0 Å². The van der Waals surface area contributed by atoms with Crippen LogP contribution < -0.4 is 0 Å². The van der Waals surface area contributed by atoms with Crippen molar-refractivity contribution in [3.63, 3.8) is 0 Å². The Morgan fingerprint density at radius 1 is 0.267 bits per heavy atom. The van der Waals surface area contributed by atoms with E-state index in [1.165, 1.54) is 103 Å². The van der Waals surface area contributed by atoms with E-state index in [9.17, 15) is 43.5 Å². The lowest BCUT2D eigenvalue weighted by molar-refractivity contribution is -0.161. The molecular formula is C87H146O16P2. The molecule has 0 aromatic carbocycles. The van der Waals surface area contributed by atoms with Gasteiger partial charge in [0.2, 0.25) is 0 Å². The van der Waals surface area contributed by atoms with Crippen LogP contribution in [0.3, 0.4) is 0 Å². The lowest BCUT2D eigenvalue weighted by atomic mass is 10.0. The fourth-order valence-electron chi connectivity index (χ4n) is 10.6. The van der Waals surface area contributed by atoms with Crippen molar-refractivity contribution in [1.29, 1.82) is 0 Å². The van der Waals surface area contributed by atoms with Gasteiger partial charge in [-0.05, 0) is 135 Å². The van der Waals surface area contributed by atoms with Gasteiger partial charge in [-0.3, -0.25) is 32.5 Å². The van der Waals surface area contributed by atoms with Crippen molar-refractivity contribution < 1.29 is 75.8 Å². The van der Waals surface area contributed by atoms with Crippen LogP contribution in [-0.4, -0.2) is 95.9 Å². The molecule has 0 heterocycles. The van der Waals surface area contributed by atoms with Crippen molar-refractivity contribution in [3.8, 4) is 0 Å². The molecule has 0 aliphatic carbocycles. The van der Waals surface area contributed by atoms with E-state index in [2.05, 4.69) is 167 Å². The number of rotatable bonds is 76. The van der Waals surface area contributed by atoms with Crippen molar-refractivity contribution in [2.75, 3.05) is 39.6 Å². The summed E-state index contributed by atoms with van der Waals surface area (Å²) in [6, 6.07) is 0. The minimum Gasteiger partial charge on any atom is -0.463 e. The SMILES string of the molecule is CC/C=C\C/C=C\C/C=C\C/C=C\C/C=C\CCCCCCCCCCCCCCCCCCCCCC(=O)OCC(O)COP(=O)(O)OCC(O)COP(=O)(O)OCC(COC(=O)CCC/C=C\C/C=C\C/C=C\C/C=C\C/C=C\CC)OC(=O)CCCCCCCCC/C=C\C/C=C\C/C=C\CC. The van der Waals surface area contributed by atoms with E-state index in [0.717, 1.165) is 148 Å². The van der Waals surface area contributed by atoms with Gasteiger partial charge in [-0.25, -0.2) is 9.13 Å². The van der Waals surface area contributed by atoms with Crippen molar-refractivity contribution in [2.45, 2.75) is 334 Å². The van der Waals surface area contributed by atoms with Gasteiger partial charge in [-0.15, -0.1) is 0 Å². The van der Waals surface area contributed by atoms with Gasteiger partial charge in [0.05, 0.1) is 26.4 Å². The van der Waals surface area contributed by atoms with Crippen LogP contribution in [0.4, 0.5) is 0 Å². The molecule has 0 bridgehead atoms. The highest BCUT2D eigenvalue weighted by Crippen LogP contribution is 2.45. The van der Waals surface area contributed by atoms with Crippen LogP contribution in [0, 0.1) is 0 Å². The van der Waals surface area contributed by atoms with E-state index in [1.54, 1.807) is 0 Å². The van der Waals surface area contributed by atoms with Crippen molar-refractivity contribution in [2.24, 2.45) is 0 Å². The standard InChI is InChI=1S/C87H146O16P2/c1-4-7-10-13-16-19-22-25-28-31-32-33-34-35-36-37-38-39-40-41-42-43-44-45-46-47-48-51-53-55-58-61-64-67-70-73-85(90)97-76-82(88)77-99-104(93,94)100-78-83(89)79-101-105(95,96)102-81-84(103-87(92)75-72-69-66-63-60-57-54-50-30-27-24-21-18-15-12-9-6-3)80-98-86(91)74-71-68-65-62-59-56-52-49-29-26-23-20-17-14-11-8-5-2/h7-12,16-21,25-30,32-33,35-36,52,56,62,65,82-84,88-89H,4-6,13-15,22-24,31,34,37-51,53-55,57-61,63-64,66-81H2,1-3H3,(H,93,94)(H,95,96)/b10-7-,11-8-,12-9-,19-16-,20-17-,21-18-,28-25-,29-26-,30-27-,33-32-,36-35-,56-52-,65-62-. The smallest absolute Gasteiger partial charge is 0.463 e. The normalized spacial score (nSPS) is 14.8. The van der Waals surface area contributed by atoms with Crippen molar-refractivity contribution >= 4 is 33.6 Å². The number of hydrogen-bond donors (Lipinski definition) is 4. The molecule has 0 amide bonds. The first-order valence-electron chi connectivity index (χ1n) is 40.8. The number of esters is 3. The molecule has 0 aliphatic heterocycles. The number of phosphoric acid groups is 2. The summed E-state index contributed by atoms with van der Waals surface area (Å²) in [5.41, 5.74) is 0. The molecule has 16 nitrogen and oxygen atoms in total. The Morgan fingerprint density at radius 3 is 0.790 bits per heavy atom. The largest absolute Gasteiger partial charge is 0.472 e. The van der Waals surface area contributed by atoms with E-state index in [1.807, 2.05) is 12.2 Å². The van der Waals surface area contributed by atoms with Crippen LogP contribution in [0.15, 0.2) is 158 Å². The Hall–Kier alpha value is -4.83. The number of carbonyl (C=O) groups is 3. The molecule has 105 heavy (non-hydrogen) atoms. The second kappa shape index (κ2) is 78.7. The topological polar surface area (TPSA) is 231 Å². The fourth-order valence-corrected chi connectivity index (χ4v) is 12.2. The van der Waals surface area contributed by atoms with E-state index in [4.69, 9.17) is 32.3 Å². The maximum absolute atomic E-state index is 13.0. The Kier molecular flexibility index (Phi) is 75.1. The molecule has 18 heteroatoms. The Balaban J connectivity index is 4.44. The number of aliphatic hydroxyl groups is 2. The molecule has 5 atom stereocenters. The summed E-state index contributed by atoms with van der Waals surface area (Å²) < 4.78 is 61.1. The minimum absolute atomic E-state index is 0.0771. The Morgan fingerprint density at radius 2 is 0.486 bits per heavy atom. The second-order valence-corrected chi connectivity index (χ2v) is 29.7. The number of hydrogen-bond acceptors (Lipinski definition) is 14. The Labute approximate surface area is 638 Å². The van der Waals surface area contributed by atoms with E-state index < -0.39 is 91.5 Å². The highest BCUT2D eigenvalue weighted by Gasteiger charge is 2.29. The summed E-state index contributed by atoms with van der Waals surface area (Å²) in [5.74, 6) is -1.66. The predicted octanol–water partition coefficient (Wildman–Crippen LogP) is 24.2. The van der Waals surface area contributed by atoms with E-state index >= 15 is 0 Å². The number of carbonyl (C=O) groups excluding carboxylic acids is 3. The third-order valence-corrected chi connectivity index (χ3v) is 18.6. The average molecular weight is 1510 g/mol. The zero-order valence-corrected chi connectivity index (χ0v) is 67.4. The number of unbranched alkanes of at least 4 members (excludes halogenated alkanes) is 27. The summed E-state index contributed by atoms with van der Waals surface area (Å²) in [7, 11) is -9.81. The molecule has 0 radical (unpaired) electrons. The van der Waals surface area contributed by atoms with Crippen LogP contribution in [0.5, 0.6) is 0 Å². The van der Waals surface area contributed by atoms with Gasteiger partial charge < -0.3 is 34.2 Å². The molecule has 0 spiro atoms. The first kappa shape index (κ1) is 100. The molecule has 0 aromatic heterocycles. The van der Waals surface area contributed by atoms with Crippen LogP contribution in [0.1, 0.15) is 316 Å². The molecule has 4 N–H and O–H groups in total. The van der Waals surface area contributed by atoms with Gasteiger partial charge in [0.25, 0.3) is 0 Å². The lowest BCUT2D eigenvalue weighted by Crippen LogP contribution is -2.30. The van der Waals surface area contributed by atoms with E-state index in [0.29, 0.717) is 25.7 Å². The van der Waals surface area contributed by atoms with Crippen molar-refractivity contribution in [1.82, 2.24) is 0 Å². The number of ether oxygens (including phenoxy) is 3. The van der Waals surface area contributed by atoms with Crippen LogP contribution >= 0.6 is 15.6 Å². The third-order valence-electron chi connectivity index (χ3n) is 16.7. The van der Waals surface area contributed by atoms with Crippen LogP contribution in [0.2, 0.25) is 0 Å². The molecule has 600 valence electrons. The summed E-state index contributed by atoms with van der Waals surface area (Å²) in [6.45, 7) is 2.27. The summed E-state index contributed by atoms with van der Waals surface area (Å²) in [5, 5.41) is 20.7. The molecule has 5 unspecified atom stereocenters. The maximum Gasteiger partial charge on any atom is 0.472 e. The summed E-state index contributed by atoms with van der Waals surface area (Å²) >= 11 is 0. The third kappa shape index (κ3) is 80.0. The maximum atomic E-state index is 13.0. The highest BCUT2D eigenvalue weighted by atomic mass is 31.2. The van der Waals surface area contributed by atoms with Gasteiger partial charge >= 0.3 is 33.6 Å². The predicted molar refractivity (Wildman–Crippen MR) is 435 cm³/mol. The highest BCUT2D eigenvalue weighted by molar-refractivity contribution is 7.47. The molecule has 0 rings (SSSR count). The average Bonchev–Trinajstić information content (AvgIpc) is 0.911. The number of allylic oxidation sites excluding steroid dienone is 26. The quantitative estimate of drug-likeness (QED) is 0.0146. The molecule has 0 saturated carbocycles. The number of aliphatic hydroxyl groups excluding tert-OH is 2. The van der Waals surface area contributed by atoms with Gasteiger partial charge in [0.15, 0.2) is 6.10 Å². The van der Waals surface area contributed by atoms with Crippen LogP contribution in [0.25, 0.3) is 0 Å². The fraction of sp³-hybridized carbons (Fsp3) is 0.667. The molecular weight excluding hydrogens is 1360 g/mol. The monoisotopic (exact) mass is 1510 g/mol. The number of phosphoric ester groups is 2.